The van der Waals surface area contributed by atoms with Crippen LogP contribution in [0.15, 0.2) is 65.7 Å². The van der Waals surface area contributed by atoms with E-state index in [0.29, 0.717) is 0 Å². The van der Waals surface area contributed by atoms with Crippen LogP contribution in [-0.2, 0) is 6.42 Å². The fourth-order valence-electron chi connectivity index (χ4n) is 2.44. The van der Waals surface area contributed by atoms with Gasteiger partial charge in [-0.1, -0.05) is 25.1 Å². The van der Waals surface area contributed by atoms with Gasteiger partial charge < -0.3 is 9.73 Å². The number of hydrogen-bond donors (Lipinski definition) is 1. The molecule has 1 atom stereocenters. The maximum atomic E-state index is 5.16. The number of likely N-dealkylation sites (N-methyl/N-ethyl adjacent to an activating group) is 1. The Morgan fingerprint density at radius 3 is 2.81 bits per heavy atom. The Bertz CT molecular complexity index is 658. The summed E-state index contributed by atoms with van der Waals surface area (Å²) in [5.74, 6) is 0. The van der Waals surface area contributed by atoms with Crippen molar-refractivity contribution in [2.45, 2.75) is 19.4 Å². The third-order valence-corrected chi connectivity index (χ3v) is 3.50. The standard InChI is InChI=1S/C17H19N3O/c1-2-18-17(10-14-8-9-21-13-14)15-11-19-20(12-15)16-6-4-3-5-7-16/h3-9,11-13,17-18H,2,10H2,1H3. The predicted molar refractivity (Wildman–Crippen MR) is 82.4 cm³/mol. The third-order valence-electron chi connectivity index (χ3n) is 3.50. The van der Waals surface area contributed by atoms with Crippen LogP contribution in [0.4, 0.5) is 0 Å². The van der Waals surface area contributed by atoms with E-state index < -0.39 is 0 Å². The van der Waals surface area contributed by atoms with E-state index in [4.69, 9.17) is 4.42 Å². The van der Waals surface area contributed by atoms with Crippen LogP contribution >= 0.6 is 0 Å². The second-order valence-electron chi connectivity index (χ2n) is 5.00. The van der Waals surface area contributed by atoms with E-state index in [0.717, 1.165) is 18.7 Å². The molecular weight excluding hydrogens is 262 g/mol. The molecule has 1 aromatic carbocycles. The van der Waals surface area contributed by atoms with E-state index >= 15 is 0 Å². The number of benzene rings is 1. The molecule has 0 saturated carbocycles. The minimum absolute atomic E-state index is 0.241. The summed E-state index contributed by atoms with van der Waals surface area (Å²) in [5, 5.41) is 7.98. The molecule has 3 aromatic rings. The fourth-order valence-corrected chi connectivity index (χ4v) is 2.44. The van der Waals surface area contributed by atoms with Crippen molar-refractivity contribution < 1.29 is 4.42 Å². The van der Waals surface area contributed by atoms with Gasteiger partial charge in [-0.25, -0.2) is 4.68 Å². The van der Waals surface area contributed by atoms with Crippen LogP contribution < -0.4 is 5.32 Å². The van der Waals surface area contributed by atoms with Crippen LogP contribution in [0.2, 0.25) is 0 Å². The normalized spacial score (nSPS) is 12.4. The van der Waals surface area contributed by atoms with Gasteiger partial charge in [0.1, 0.15) is 0 Å². The molecule has 0 bridgehead atoms. The lowest BCUT2D eigenvalue weighted by atomic mass is 10.0. The second-order valence-corrected chi connectivity index (χ2v) is 5.00. The molecule has 0 aliphatic rings. The van der Waals surface area contributed by atoms with Crippen LogP contribution in [-0.4, -0.2) is 16.3 Å². The van der Waals surface area contributed by atoms with Gasteiger partial charge in [-0.2, -0.15) is 5.10 Å². The zero-order chi connectivity index (χ0) is 14.5. The van der Waals surface area contributed by atoms with E-state index in [9.17, 15) is 0 Å². The number of nitrogens with zero attached hydrogens (tertiary/aromatic N) is 2. The number of furan rings is 1. The van der Waals surface area contributed by atoms with Crippen molar-refractivity contribution >= 4 is 0 Å². The lowest BCUT2D eigenvalue weighted by Crippen LogP contribution is -2.22. The summed E-state index contributed by atoms with van der Waals surface area (Å²) in [7, 11) is 0. The molecule has 0 amide bonds. The Hall–Kier alpha value is -2.33. The first-order chi connectivity index (χ1) is 10.4. The van der Waals surface area contributed by atoms with Crippen LogP contribution in [0.25, 0.3) is 5.69 Å². The van der Waals surface area contributed by atoms with Crippen molar-refractivity contribution in [2.24, 2.45) is 0 Å². The van der Waals surface area contributed by atoms with Crippen LogP contribution in [0, 0.1) is 0 Å². The number of hydrogen-bond acceptors (Lipinski definition) is 3. The zero-order valence-electron chi connectivity index (χ0n) is 12.1. The highest BCUT2D eigenvalue weighted by Crippen LogP contribution is 2.19. The lowest BCUT2D eigenvalue weighted by Gasteiger charge is -2.15. The molecule has 3 rings (SSSR count). The third kappa shape index (κ3) is 3.23. The number of nitrogens with one attached hydrogen (secondary N) is 1. The summed E-state index contributed by atoms with van der Waals surface area (Å²) in [4.78, 5) is 0. The molecule has 0 fully saturated rings. The summed E-state index contributed by atoms with van der Waals surface area (Å²) in [6.07, 6.45) is 8.42. The first kappa shape index (κ1) is 13.6. The summed E-state index contributed by atoms with van der Waals surface area (Å²) >= 11 is 0. The average molecular weight is 281 g/mol. The molecule has 0 aliphatic heterocycles. The number of aromatic nitrogens is 2. The number of para-hydroxylation sites is 1. The smallest absolute Gasteiger partial charge is 0.0935 e. The molecule has 1 unspecified atom stereocenters. The van der Waals surface area contributed by atoms with Gasteiger partial charge in [0.15, 0.2) is 0 Å². The molecule has 108 valence electrons. The largest absolute Gasteiger partial charge is 0.472 e. The minimum atomic E-state index is 0.241. The van der Waals surface area contributed by atoms with Gasteiger partial charge in [0, 0.05) is 17.8 Å². The molecule has 0 aliphatic carbocycles. The van der Waals surface area contributed by atoms with Crippen molar-refractivity contribution in [3.8, 4) is 5.69 Å². The Balaban J connectivity index is 1.81. The fraction of sp³-hybridized carbons (Fsp3) is 0.235. The topological polar surface area (TPSA) is 43.0 Å². The maximum absolute atomic E-state index is 5.16. The summed E-state index contributed by atoms with van der Waals surface area (Å²) in [5.41, 5.74) is 3.44. The SMILES string of the molecule is CCNC(Cc1ccoc1)c1cnn(-c2ccccc2)c1. The Labute approximate surface area is 124 Å². The molecular formula is C17H19N3O. The molecule has 2 aromatic heterocycles. The van der Waals surface area contributed by atoms with Crippen molar-refractivity contribution in [1.82, 2.24) is 15.1 Å². The lowest BCUT2D eigenvalue weighted by molar-refractivity contribution is 0.534. The molecule has 1 N–H and O–H groups in total. The highest BCUT2D eigenvalue weighted by molar-refractivity contribution is 5.31. The van der Waals surface area contributed by atoms with Crippen molar-refractivity contribution in [3.63, 3.8) is 0 Å². The summed E-state index contributed by atoms with van der Waals surface area (Å²) < 4.78 is 7.07. The first-order valence-electron chi connectivity index (χ1n) is 7.21. The second kappa shape index (κ2) is 6.41. The van der Waals surface area contributed by atoms with Gasteiger partial charge in [0.05, 0.1) is 24.4 Å². The molecule has 2 heterocycles. The Kier molecular flexibility index (Phi) is 4.17. The van der Waals surface area contributed by atoms with E-state index in [1.807, 2.05) is 35.1 Å². The zero-order valence-corrected chi connectivity index (χ0v) is 12.1. The Morgan fingerprint density at radius 1 is 1.24 bits per heavy atom. The molecule has 4 heteroatoms. The molecule has 4 nitrogen and oxygen atoms in total. The van der Waals surface area contributed by atoms with Crippen molar-refractivity contribution in [3.05, 3.63) is 72.4 Å². The average Bonchev–Trinajstić information content (AvgIpc) is 3.19. The van der Waals surface area contributed by atoms with Crippen molar-refractivity contribution in [2.75, 3.05) is 6.54 Å². The van der Waals surface area contributed by atoms with Crippen LogP contribution in [0.5, 0.6) is 0 Å². The van der Waals surface area contributed by atoms with Crippen LogP contribution in [0.3, 0.4) is 0 Å². The molecule has 0 spiro atoms. The highest BCUT2D eigenvalue weighted by Gasteiger charge is 2.14. The monoisotopic (exact) mass is 281 g/mol. The molecule has 0 saturated heterocycles. The molecule has 21 heavy (non-hydrogen) atoms. The van der Waals surface area contributed by atoms with Gasteiger partial charge in [-0.05, 0) is 36.7 Å². The first-order valence-corrected chi connectivity index (χ1v) is 7.21. The van der Waals surface area contributed by atoms with Gasteiger partial charge >= 0.3 is 0 Å². The summed E-state index contributed by atoms with van der Waals surface area (Å²) in [6.45, 7) is 3.03. The van der Waals surface area contributed by atoms with E-state index in [2.05, 4.69) is 35.7 Å². The van der Waals surface area contributed by atoms with E-state index in [-0.39, 0.29) is 6.04 Å². The maximum Gasteiger partial charge on any atom is 0.0935 e. The van der Waals surface area contributed by atoms with Gasteiger partial charge in [0.25, 0.3) is 0 Å². The predicted octanol–water partition coefficient (Wildman–Crippen LogP) is 3.36. The minimum Gasteiger partial charge on any atom is -0.472 e. The van der Waals surface area contributed by atoms with Gasteiger partial charge in [-0.15, -0.1) is 0 Å². The molecule has 0 radical (unpaired) electrons. The van der Waals surface area contributed by atoms with Crippen LogP contribution in [0.1, 0.15) is 24.1 Å². The van der Waals surface area contributed by atoms with E-state index in [1.165, 1.54) is 11.1 Å². The van der Waals surface area contributed by atoms with Crippen molar-refractivity contribution in [1.29, 1.82) is 0 Å². The van der Waals surface area contributed by atoms with Gasteiger partial charge in [0.2, 0.25) is 0 Å². The summed E-state index contributed by atoms with van der Waals surface area (Å²) in [6, 6.07) is 12.4. The highest BCUT2D eigenvalue weighted by atomic mass is 16.3. The quantitative estimate of drug-likeness (QED) is 0.753. The number of rotatable bonds is 6. The Morgan fingerprint density at radius 2 is 2.10 bits per heavy atom. The van der Waals surface area contributed by atoms with Gasteiger partial charge in [-0.3, -0.25) is 0 Å². The van der Waals surface area contributed by atoms with E-state index in [1.54, 1.807) is 12.5 Å².